The summed E-state index contributed by atoms with van der Waals surface area (Å²) >= 11 is 0. The average Bonchev–Trinajstić information content (AvgIpc) is 3.45. The average molecular weight is 907 g/mol. The molecular weight excluding hydrogens is 865 g/mol. The molecule has 0 aliphatic heterocycles. The molecule has 0 amide bonds. The van der Waals surface area contributed by atoms with E-state index in [1.165, 1.54) is 163 Å². The summed E-state index contributed by atoms with van der Waals surface area (Å²) in [5.41, 5.74) is 12.5. The largest absolute Gasteiger partial charge is 0.0616 e. The molecule has 0 heterocycles. The SMILES string of the molecule is c1ccc2c(-c3ccc4ccc5c(-c6cccc7ccccc67)cc(-c6cc(-c7cccc8ccccc78)c7ccc8cccc9c(-c%10cccc%11ccccc%10%11)cc6c7c89)c6ccc3c4c56)cccc2c1. The minimum Gasteiger partial charge on any atom is -0.0616 e. The van der Waals surface area contributed by atoms with Crippen LogP contribution in [0.15, 0.2) is 255 Å². The van der Waals surface area contributed by atoms with Gasteiger partial charge in [0.2, 0.25) is 0 Å². The van der Waals surface area contributed by atoms with E-state index in [2.05, 4.69) is 255 Å². The van der Waals surface area contributed by atoms with Gasteiger partial charge in [0.1, 0.15) is 0 Å². The van der Waals surface area contributed by atoms with Gasteiger partial charge in [0.25, 0.3) is 0 Å². The number of benzene rings is 16. The van der Waals surface area contributed by atoms with Crippen LogP contribution in [0.3, 0.4) is 0 Å². The first-order chi connectivity index (χ1) is 35.7. The van der Waals surface area contributed by atoms with E-state index in [9.17, 15) is 0 Å². The molecule has 0 aromatic heterocycles. The van der Waals surface area contributed by atoms with Crippen molar-refractivity contribution >= 4 is 108 Å². The lowest BCUT2D eigenvalue weighted by Crippen LogP contribution is -1.96. The van der Waals surface area contributed by atoms with Gasteiger partial charge in [-0.25, -0.2) is 0 Å². The van der Waals surface area contributed by atoms with Crippen LogP contribution in [0, 0.1) is 0 Å². The zero-order valence-corrected chi connectivity index (χ0v) is 39.2. The fraction of sp³-hybridized carbons (Fsp3) is 0. The molecule has 0 radical (unpaired) electrons. The lowest BCUT2D eigenvalue weighted by atomic mass is 9.79. The normalized spacial score (nSPS) is 12.2. The molecule has 0 aliphatic rings. The van der Waals surface area contributed by atoms with Crippen molar-refractivity contribution in [2.75, 3.05) is 0 Å². The van der Waals surface area contributed by atoms with E-state index >= 15 is 0 Å². The summed E-state index contributed by atoms with van der Waals surface area (Å²) in [4.78, 5) is 0. The Morgan fingerprint density at radius 3 is 0.875 bits per heavy atom. The molecule has 0 unspecified atom stereocenters. The zero-order valence-electron chi connectivity index (χ0n) is 39.2. The van der Waals surface area contributed by atoms with Gasteiger partial charge in [-0.1, -0.05) is 237 Å². The summed E-state index contributed by atoms with van der Waals surface area (Å²) < 4.78 is 0. The molecule has 16 rings (SSSR count). The van der Waals surface area contributed by atoms with Gasteiger partial charge in [-0.3, -0.25) is 0 Å². The highest BCUT2D eigenvalue weighted by Crippen LogP contribution is 2.53. The van der Waals surface area contributed by atoms with Crippen LogP contribution in [0.4, 0.5) is 0 Å². The molecule has 0 saturated heterocycles. The lowest BCUT2D eigenvalue weighted by molar-refractivity contribution is 1.66. The van der Waals surface area contributed by atoms with Gasteiger partial charge in [0, 0.05) is 0 Å². The Balaban J connectivity index is 1.11. The van der Waals surface area contributed by atoms with Crippen molar-refractivity contribution < 1.29 is 0 Å². The zero-order chi connectivity index (χ0) is 47.0. The van der Waals surface area contributed by atoms with Crippen molar-refractivity contribution in [2.45, 2.75) is 0 Å². The van der Waals surface area contributed by atoms with E-state index in [4.69, 9.17) is 0 Å². The van der Waals surface area contributed by atoms with E-state index in [1.807, 2.05) is 0 Å². The monoisotopic (exact) mass is 906 g/mol. The third-order valence-corrected chi connectivity index (χ3v) is 16.2. The predicted molar refractivity (Wildman–Crippen MR) is 311 cm³/mol. The number of hydrogen-bond donors (Lipinski definition) is 0. The van der Waals surface area contributed by atoms with Gasteiger partial charge in [-0.15, -0.1) is 0 Å². The summed E-state index contributed by atoms with van der Waals surface area (Å²) in [6.45, 7) is 0. The fourth-order valence-electron chi connectivity index (χ4n) is 13.0. The lowest BCUT2D eigenvalue weighted by Gasteiger charge is -2.24. The molecule has 16 aromatic carbocycles. The topological polar surface area (TPSA) is 0 Å². The molecule has 0 nitrogen and oxygen atoms in total. The second-order valence-corrected chi connectivity index (χ2v) is 19.8. The van der Waals surface area contributed by atoms with E-state index < -0.39 is 0 Å². The fourth-order valence-corrected chi connectivity index (χ4v) is 13.0. The molecular formula is C72H42. The summed E-state index contributed by atoms with van der Waals surface area (Å²) in [5.74, 6) is 0. The summed E-state index contributed by atoms with van der Waals surface area (Å²) in [6, 6.07) is 96.2. The van der Waals surface area contributed by atoms with E-state index in [0.29, 0.717) is 0 Å². The van der Waals surface area contributed by atoms with E-state index in [-0.39, 0.29) is 0 Å². The highest BCUT2D eigenvalue weighted by Gasteiger charge is 2.25. The third kappa shape index (κ3) is 5.58. The third-order valence-electron chi connectivity index (χ3n) is 16.2. The Kier molecular flexibility index (Phi) is 8.26. The van der Waals surface area contributed by atoms with Gasteiger partial charge in [-0.2, -0.15) is 0 Å². The molecule has 0 spiro atoms. The van der Waals surface area contributed by atoms with Crippen molar-refractivity contribution in [2.24, 2.45) is 0 Å². The van der Waals surface area contributed by atoms with Crippen molar-refractivity contribution in [3.8, 4) is 55.6 Å². The Morgan fingerprint density at radius 2 is 0.389 bits per heavy atom. The quantitative estimate of drug-likeness (QED) is 0.151. The Morgan fingerprint density at radius 1 is 0.125 bits per heavy atom. The minimum absolute atomic E-state index is 1.23. The van der Waals surface area contributed by atoms with E-state index in [1.54, 1.807) is 0 Å². The standard InChI is InChI=1S/C72H42/c1-5-23-49-43(14-1)18-9-27-53(49)57-35-32-48-34-37-60-63(54-28-10-19-44-15-2-6-24-50(44)54)40-66(62-39-38-59(57)70(48)71(60)62)67-41-64(55-29-11-20-45-16-3-7-25-51(45)55)61-36-33-47-22-13-31-58-65(42-68(67)72(61)69(47)58)56-30-12-21-46-17-4-8-26-52(46)56/h1-42H. The summed E-state index contributed by atoms with van der Waals surface area (Å²) in [7, 11) is 0. The van der Waals surface area contributed by atoms with Crippen molar-refractivity contribution in [3.05, 3.63) is 255 Å². The van der Waals surface area contributed by atoms with Gasteiger partial charge >= 0.3 is 0 Å². The molecule has 0 saturated carbocycles. The summed E-state index contributed by atoms with van der Waals surface area (Å²) in [5, 5.41) is 25.3. The maximum atomic E-state index is 2.55. The Labute approximate surface area is 415 Å². The van der Waals surface area contributed by atoms with Crippen LogP contribution < -0.4 is 0 Å². The van der Waals surface area contributed by atoms with Crippen LogP contribution >= 0.6 is 0 Å². The first-order valence-corrected chi connectivity index (χ1v) is 25.2. The second-order valence-electron chi connectivity index (χ2n) is 19.8. The molecule has 0 atom stereocenters. The molecule has 0 aliphatic carbocycles. The van der Waals surface area contributed by atoms with Crippen LogP contribution in [0.2, 0.25) is 0 Å². The molecule has 0 heteroatoms. The molecule has 16 aromatic rings. The van der Waals surface area contributed by atoms with Gasteiger partial charge < -0.3 is 0 Å². The first-order valence-electron chi connectivity index (χ1n) is 25.2. The predicted octanol–water partition coefficient (Wildman–Crippen LogP) is 20.4. The van der Waals surface area contributed by atoms with Crippen molar-refractivity contribution in [1.29, 1.82) is 0 Å². The summed E-state index contributed by atoms with van der Waals surface area (Å²) in [6.07, 6.45) is 0. The van der Waals surface area contributed by atoms with Crippen LogP contribution in [0.5, 0.6) is 0 Å². The number of fused-ring (bicyclic) bond motifs is 4. The first kappa shape index (κ1) is 39.5. The van der Waals surface area contributed by atoms with Gasteiger partial charge in [-0.05, 0) is 182 Å². The minimum atomic E-state index is 1.23. The van der Waals surface area contributed by atoms with Crippen molar-refractivity contribution in [3.63, 3.8) is 0 Å². The van der Waals surface area contributed by atoms with Crippen LogP contribution in [0.25, 0.3) is 163 Å². The molecule has 72 heavy (non-hydrogen) atoms. The van der Waals surface area contributed by atoms with Crippen molar-refractivity contribution in [1.82, 2.24) is 0 Å². The number of hydrogen-bond acceptors (Lipinski definition) is 0. The second kappa shape index (κ2) is 15.1. The Hall–Kier alpha value is -9.36. The van der Waals surface area contributed by atoms with E-state index in [0.717, 1.165) is 0 Å². The molecule has 0 fully saturated rings. The Bertz CT molecular complexity index is 4890. The highest BCUT2D eigenvalue weighted by molar-refractivity contribution is 6.35. The molecule has 0 N–H and O–H groups in total. The highest BCUT2D eigenvalue weighted by atomic mass is 14.3. The molecule has 0 bridgehead atoms. The molecule has 330 valence electrons. The van der Waals surface area contributed by atoms with Crippen LogP contribution in [-0.2, 0) is 0 Å². The number of rotatable bonds is 5. The van der Waals surface area contributed by atoms with Gasteiger partial charge in [0.05, 0.1) is 0 Å². The van der Waals surface area contributed by atoms with Gasteiger partial charge in [0.15, 0.2) is 0 Å². The maximum absolute atomic E-state index is 2.55. The van der Waals surface area contributed by atoms with Crippen LogP contribution in [0.1, 0.15) is 0 Å². The van der Waals surface area contributed by atoms with Crippen LogP contribution in [-0.4, -0.2) is 0 Å². The smallest absolute Gasteiger partial charge is 0.00139 e. The maximum Gasteiger partial charge on any atom is -0.00139 e.